The van der Waals surface area contributed by atoms with Crippen LogP contribution in [0.15, 0.2) is 0 Å². The normalized spacial score (nSPS) is 12.0. The highest BCUT2D eigenvalue weighted by Crippen LogP contribution is 2.01. The third-order valence-electron chi connectivity index (χ3n) is 5.25. The van der Waals surface area contributed by atoms with Crippen molar-refractivity contribution in [3.63, 3.8) is 0 Å². The fraction of sp³-hybridized carbons (Fsp3) is 1.00. The lowest BCUT2D eigenvalue weighted by atomic mass is 10.2. The summed E-state index contributed by atoms with van der Waals surface area (Å²) >= 11 is 0. The number of rotatable bonds is 36. The lowest BCUT2D eigenvalue weighted by Crippen LogP contribution is -2.27. The van der Waals surface area contributed by atoms with Crippen molar-refractivity contribution in [2.45, 2.75) is 52.2 Å². The van der Waals surface area contributed by atoms with Gasteiger partial charge in [-0.1, -0.05) is 26.2 Å². The lowest BCUT2D eigenvalue weighted by Gasteiger charge is -2.16. The molecule has 11 nitrogen and oxygen atoms in total. The number of ether oxygens (including phenoxy) is 10. The number of hydrogen-bond donors (Lipinski definition) is 0. The van der Waals surface area contributed by atoms with Gasteiger partial charge in [0.15, 0.2) is 8.32 Å². The molecule has 0 radical (unpaired) electrons. The molecule has 0 N–H and O–H groups in total. The van der Waals surface area contributed by atoms with Crippen LogP contribution in [0.4, 0.5) is 0 Å². The maximum Gasteiger partial charge on any atom is 0.183 e. The van der Waals surface area contributed by atoms with Crippen LogP contribution in [-0.2, 0) is 51.8 Å². The first-order chi connectivity index (χ1) is 20.1. The molecule has 0 unspecified atom stereocenters. The Morgan fingerprint density at radius 2 is 0.537 bits per heavy atom. The second-order valence-corrected chi connectivity index (χ2v) is 14.7. The van der Waals surface area contributed by atoms with Crippen LogP contribution in [0.3, 0.4) is 0 Å². The monoisotopic (exact) mass is 614 g/mol. The van der Waals surface area contributed by atoms with Crippen molar-refractivity contribution in [1.82, 2.24) is 0 Å². The van der Waals surface area contributed by atoms with Crippen molar-refractivity contribution in [1.29, 1.82) is 0 Å². The Balaban J connectivity index is 3.04. The van der Waals surface area contributed by atoms with Gasteiger partial charge in [-0.3, -0.25) is 0 Å². The van der Waals surface area contributed by atoms with E-state index in [4.69, 9.17) is 51.8 Å². The molecule has 0 saturated carbocycles. The van der Waals surface area contributed by atoms with Crippen molar-refractivity contribution in [2.75, 3.05) is 139 Å². The predicted molar refractivity (Wildman–Crippen MR) is 162 cm³/mol. The van der Waals surface area contributed by atoms with E-state index in [1.165, 1.54) is 19.3 Å². The Morgan fingerprint density at radius 1 is 0.293 bits per heavy atom. The molecule has 0 amide bonds. The van der Waals surface area contributed by atoms with E-state index in [0.29, 0.717) is 132 Å². The second-order valence-electron chi connectivity index (χ2n) is 10.1. The topological polar surface area (TPSA) is 102 Å². The fourth-order valence-electron chi connectivity index (χ4n) is 3.12. The van der Waals surface area contributed by atoms with Gasteiger partial charge in [0.25, 0.3) is 0 Å². The standard InChI is InChI=1S/C29H62O11Si/c1-5-6-7-8-9-30-10-11-31-12-13-32-14-15-33-16-17-34-18-19-35-20-21-36-22-23-37-24-25-38-26-27-39-28-29-40-41(2,3)4/h5-29H2,1-4H3. The summed E-state index contributed by atoms with van der Waals surface area (Å²) in [7, 11) is -1.44. The van der Waals surface area contributed by atoms with Crippen molar-refractivity contribution >= 4 is 8.32 Å². The van der Waals surface area contributed by atoms with Crippen LogP contribution in [0.25, 0.3) is 0 Å². The molecule has 0 fully saturated rings. The van der Waals surface area contributed by atoms with E-state index in [1.54, 1.807) is 0 Å². The predicted octanol–water partition coefficient (Wildman–Crippen LogP) is 3.58. The van der Waals surface area contributed by atoms with E-state index < -0.39 is 8.32 Å². The highest BCUT2D eigenvalue weighted by atomic mass is 28.4. The van der Waals surface area contributed by atoms with E-state index >= 15 is 0 Å². The van der Waals surface area contributed by atoms with Crippen molar-refractivity contribution in [2.24, 2.45) is 0 Å². The first kappa shape index (κ1) is 40.8. The molecular weight excluding hydrogens is 552 g/mol. The van der Waals surface area contributed by atoms with Gasteiger partial charge < -0.3 is 51.8 Å². The highest BCUT2D eigenvalue weighted by Gasteiger charge is 2.13. The minimum atomic E-state index is -1.44. The molecule has 0 aliphatic rings. The van der Waals surface area contributed by atoms with Crippen LogP contribution in [-0.4, -0.2) is 147 Å². The van der Waals surface area contributed by atoms with E-state index in [9.17, 15) is 0 Å². The molecule has 0 heterocycles. The average molecular weight is 615 g/mol. The van der Waals surface area contributed by atoms with E-state index in [2.05, 4.69) is 26.6 Å². The zero-order valence-electron chi connectivity index (χ0n) is 26.7. The maximum absolute atomic E-state index is 5.71. The van der Waals surface area contributed by atoms with Gasteiger partial charge in [-0.2, -0.15) is 0 Å². The Bertz CT molecular complexity index is 484. The fourth-order valence-corrected chi connectivity index (χ4v) is 3.81. The summed E-state index contributed by atoms with van der Waals surface area (Å²) in [5, 5.41) is 0. The Kier molecular flexibility index (Phi) is 34.1. The minimum absolute atomic E-state index is 0.527. The molecule has 12 heteroatoms. The molecule has 248 valence electrons. The molecule has 0 rings (SSSR count). The zero-order valence-corrected chi connectivity index (χ0v) is 27.7. The van der Waals surface area contributed by atoms with Crippen molar-refractivity contribution in [3.05, 3.63) is 0 Å². The Morgan fingerprint density at radius 3 is 0.780 bits per heavy atom. The van der Waals surface area contributed by atoms with Gasteiger partial charge in [-0.25, -0.2) is 0 Å². The SMILES string of the molecule is CCCCCCOCCOCCOCCOCCOCCOCCOCCOCCOCCOCCO[Si](C)(C)C. The van der Waals surface area contributed by atoms with Gasteiger partial charge in [-0.15, -0.1) is 0 Å². The van der Waals surface area contributed by atoms with Crippen LogP contribution in [0, 0.1) is 0 Å². The average Bonchev–Trinajstić information content (AvgIpc) is 2.94. The summed E-state index contributed by atoms with van der Waals surface area (Å²) in [5.74, 6) is 0. The van der Waals surface area contributed by atoms with Gasteiger partial charge in [-0.05, 0) is 26.1 Å². The summed E-state index contributed by atoms with van der Waals surface area (Å²) in [6.07, 6.45) is 4.91. The van der Waals surface area contributed by atoms with Crippen LogP contribution >= 0.6 is 0 Å². The van der Waals surface area contributed by atoms with Gasteiger partial charge in [0, 0.05) is 6.61 Å². The Hall–Kier alpha value is -0.223. The molecule has 0 saturated heterocycles. The zero-order chi connectivity index (χ0) is 30.0. The number of hydrogen-bond acceptors (Lipinski definition) is 11. The molecule has 0 bridgehead atoms. The lowest BCUT2D eigenvalue weighted by molar-refractivity contribution is -0.0267. The van der Waals surface area contributed by atoms with Crippen LogP contribution in [0.2, 0.25) is 19.6 Å². The van der Waals surface area contributed by atoms with Crippen molar-refractivity contribution in [3.8, 4) is 0 Å². The largest absolute Gasteiger partial charge is 0.415 e. The maximum atomic E-state index is 5.71. The molecular formula is C29H62O11Si. The Labute approximate surface area is 251 Å². The van der Waals surface area contributed by atoms with Crippen LogP contribution in [0.1, 0.15) is 32.6 Å². The molecule has 41 heavy (non-hydrogen) atoms. The third-order valence-corrected chi connectivity index (χ3v) is 6.32. The summed E-state index contributed by atoms with van der Waals surface area (Å²) in [5.41, 5.74) is 0. The molecule has 0 spiro atoms. The van der Waals surface area contributed by atoms with Gasteiger partial charge in [0.2, 0.25) is 0 Å². The second kappa shape index (κ2) is 34.3. The summed E-state index contributed by atoms with van der Waals surface area (Å²) in [6.45, 7) is 20.7. The highest BCUT2D eigenvalue weighted by molar-refractivity contribution is 6.69. The summed E-state index contributed by atoms with van der Waals surface area (Å²) in [4.78, 5) is 0. The van der Waals surface area contributed by atoms with Gasteiger partial charge in [0.1, 0.15) is 0 Å². The molecule has 0 aromatic rings. The smallest absolute Gasteiger partial charge is 0.183 e. The molecule has 0 aromatic heterocycles. The van der Waals surface area contributed by atoms with Crippen LogP contribution < -0.4 is 0 Å². The van der Waals surface area contributed by atoms with E-state index in [0.717, 1.165) is 13.0 Å². The molecule has 0 atom stereocenters. The molecule has 0 aliphatic carbocycles. The quantitative estimate of drug-likeness (QED) is 0.0765. The van der Waals surface area contributed by atoms with E-state index in [-0.39, 0.29) is 0 Å². The van der Waals surface area contributed by atoms with Gasteiger partial charge >= 0.3 is 0 Å². The van der Waals surface area contributed by atoms with E-state index in [1.807, 2.05) is 0 Å². The molecule has 0 aromatic carbocycles. The minimum Gasteiger partial charge on any atom is -0.415 e. The van der Waals surface area contributed by atoms with Crippen molar-refractivity contribution < 1.29 is 51.8 Å². The third kappa shape index (κ3) is 39.8. The number of unbranched alkanes of at least 4 members (excludes halogenated alkanes) is 3. The molecule has 0 aliphatic heterocycles. The van der Waals surface area contributed by atoms with Gasteiger partial charge in [0.05, 0.1) is 132 Å². The first-order valence-electron chi connectivity index (χ1n) is 15.5. The summed E-state index contributed by atoms with van der Waals surface area (Å²) in [6, 6.07) is 0. The summed E-state index contributed by atoms with van der Waals surface area (Å²) < 4.78 is 60.5. The van der Waals surface area contributed by atoms with Crippen LogP contribution in [0.5, 0.6) is 0 Å². The first-order valence-corrected chi connectivity index (χ1v) is 18.9.